The average Bonchev–Trinajstić information content (AvgIpc) is 3.30. The fourth-order valence-electron chi connectivity index (χ4n) is 4.12. The fraction of sp³-hybridized carbons (Fsp3) is 0.107. The van der Waals surface area contributed by atoms with E-state index in [4.69, 9.17) is 21.9 Å². The molecule has 0 saturated heterocycles. The van der Waals surface area contributed by atoms with Gasteiger partial charge < -0.3 is 21.9 Å². The molecule has 13 heteroatoms. The summed E-state index contributed by atoms with van der Waals surface area (Å²) >= 11 is 0. The van der Waals surface area contributed by atoms with E-state index in [2.05, 4.69) is 21.7 Å². The highest BCUT2D eigenvalue weighted by molar-refractivity contribution is 6.01. The summed E-state index contributed by atoms with van der Waals surface area (Å²) in [5, 5.41) is 13.7. The number of amides is 1. The molecule has 2 aromatic heterocycles. The van der Waals surface area contributed by atoms with E-state index >= 15 is 0 Å². The predicted octanol–water partition coefficient (Wildman–Crippen LogP) is 3.31. The Balaban J connectivity index is 1.74. The molecule has 0 aliphatic carbocycles. The zero-order valence-electron chi connectivity index (χ0n) is 21.9. The van der Waals surface area contributed by atoms with Crippen molar-refractivity contribution in [2.24, 2.45) is 22.2 Å². The van der Waals surface area contributed by atoms with Gasteiger partial charge in [-0.05, 0) is 29.3 Å². The number of nitrogens with two attached hydrogens (primary N) is 3. The van der Waals surface area contributed by atoms with Crippen LogP contribution in [0.3, 0.4) is 0 Å². The van der Waals surface area contributed by atoms with Crippen LogP contribution in [0.15, 0.2) is 83.9 Å². The first-order valence-corrected chi connectivity index (χ1v) is 12.0. The van der Waals surface area contributed by atoms with Crippen LogP contribution in [0.4, 0.5) is 13.6 Å². The van der Waals surface area contributed by atoms with Gasteiger partial charge in [0.25, 0.3) is 0 Å². The molecule has 0 radical (unpaired) electrons. The number of carbonyl (C=O) groups excluding carboxylic acids is 1. The molecule has 0 aliphatic rings. The van der Waals surface area contributed by atoms with Crippen molar-refractivity contribution in [2.75, 3.05) is 7.11 Å². The highest BCUT2D eigenvalue weighted by atomic mass is 19.1. The number of rotatable bonds is 8. The molecular formula is C28H25F2N9O2. The van der Waals surface area contributed by atoms with Crippen LogP contribution in [0.2, 0.25) is 0 Å². The number of nitrogens with zero attached hydrogens (tertiary/aromatic N) is 6. The summed E-state index contributed by atoms with van der Waals surface area (Å²) in [6.45, 7) is 3.77. The van der Waals surface area contributed by atoms with Crippen molar-refractivity contribution in [3.63, 3.8) is 0 Å². The number of halogens is 2. The van der Waals surface area contributed by atoms with Crippen LogP contribution in [0, 0.1) is 23.0 Å². The molecule has 2 heterocycles. The summed E-state index contributed by atoms with van der Waals surface area (Å²) in [7, 11) is 1.16. The van der Waals surface area contributed by atoms with Crippen molar-refractivity contribution in [2.45, 2.75) is 13.0 Å². The van der Waals surface area contributed by atoms with Gasteiger partial charge in [-0.25, -0.2) is 28.2 Å². The van der Waals surface area contributed by atoms with Gasteiger partial charge in [0.15, 0.2) is 5.84 Å². The zero-order valence-corrected chi connectivity index (χ0v) is 21.9. The lowest BCUT2D eigenvalue weighted by atomic mass is 10.1. The number of hydrogen-bond acceptors (Lipinski definition) is 8. The minimum absolute atomic E-state index is 0.0556. The van der Waals surface area contributed by atoms with Gasteiger partial charge >= 0.3 is 6.09 Å². The average molecular weight is 558 g/mol. The van der Waals surface area contributed by atoms with Gasteiger partial charge in [-0.2, -0.15) is 10.4 Å². The molecule has 2 aromatic carbocycles. The first-order valence-electron chi connectivity index (χ1n) is 12.0. The number of carbonyl (C=O) groups is 1. The molecular weight excluding hydrogens is 532 g/mol. The maximum absolute atomic E-state index is 14.4. The second-order valence-electron chi connectivity index (χ2n) is 8.73. The molecule has 0 fully saturated rings. The minimum atomic E-state index is -0.859. The largest absolute Gasteiger partial charge is 0.452 e. The monoisotopic (exact) mass is 557 g/mol. The van der Waals surface area contributed by atoms with Crippen molar-refractivity contribution >= 4 is 28.8 Å². The Morgan fingerprint density at radius 2 is 1.93 bits per heavy atom. The Morgan fingerprint density at radius 3 is 2.61 bits per heavy atom. The third-order valence-corrected chi connectivity index (χ3v) is 5.94. The van der Waals surface area contributed by atoms with E-state index in [1.165, 1.54) is 16.8 Å². The van der Waals surface area contributed by atoms with Gasteiger partial charge in [-0.15, -0.1) is 0 Å². The van der Waals surface area contributed by atoms with Crippen LogP contribution < -0.4 is 17.2 Å². The predicted molar refractivity (Wildman–Crippen MR) is 148 cm³/mol. The Kier molecular flexibility index (Phi) is 8.24. The molecule has 41 heavy (non-hydrogen) atoms. The second kappa shape index (κ2) is 12.0. The fourth-order valence-corrected chi connectivity index (χ4v) is 4.12. The lowest BCUT2D eigenvalue weighted by Gasteiger charge is -2.24. The van der Waals surface area contributed by atoms with Crippen LogP contribution in [0.25, 0.3) is 16.9 Å². The van der Waals surface area contributed by atoms with Gasteiger partial charge in [0.05, 0.1) is 42.7 Å². The van der Waals surface area contributed by atoms with E-state index in [0.29, 0.717) is 27.9 Å². The highest BCUT2D eigenvalue weighted by Gasteiger charge is 2.25. The summed E-state index contributed by atoms with van der Waals surface area (Å²) in [6.07, 6.45) is 0.216. The lowest BCUT2D eigenvalue weighted by molar-refractivity contribution is 0.135. The van der Waals surface area contributed by atoms with Gasteiger partial charge in [0, 0.05) is 12.5 Å². The third kappa shape index (κ3) is 6.12. The summed E-state index contributed by atoms with van der Waals surface area (Å²) in [5.74, 6) is -1.88. The summed E-state index contributed by atoms with van der Waals surface area (Å²) in [5.41, 5.74) is 20.0. The van der Waals surface area contributed by atoms with Crippen molar-refractivity contribution in [3.05, 3.63) is 113 Å². The first kappa shape index (κ1) is 28.2. The third-order valence-electron chi connectivity index (χ3n) is 5.94. The van der Waals surface area contributed by atoms with E-state index in [1.807, 2.05) is 6.07 Å². The number of pyridine rings is 1. The highest BCUT2D eigenvalue weighted by Crippen LogP contribution is 2.24. The number of nitriles is 1. The van der Waals surface area contributed by atoms with Crippen molar-refractivity contribution in [3.8, 4) is 6.07 Å². The van der Waals surface area contributed by atoms with Gasteiger partial charge in [-0.3, -0.25) is 4.90 Å². The van der Waals surface area contributed by atoms with Gasteiger partial charge in [0.1, 0.15) is 34.5 Å². The van der Waals surface area contributed by atoms with Crippen LogP contribution in [0.5, 0.6) is 0 Å². The van der Waals surface area contributed by atoms with Crippen molar-refractivity contribution < 1.29 is 18.3 Å². The number of ether oxygens (including phenoxy) is 1. The molecule has 0 unspecified atom stereocenters. The molecule has 0 bridgehead atoms. The summed E-state index contributed by atoms with van der Waals surface area (Å²) in [4.78, 5) is 22.2. The van der Waals surface area contributed by atoms with Crippen LogP contribution in [-0.2, 0) is 17.7 Å². The number of hydrogen-bond donors (Lipinski definition) is 3. The maximum atomic E-state index is 14.4. The number of fused-ring (bicyclic) bond motifs is 1. The maximum Gasteiger partial charge on any atom is 0.414 e. The number of aliphatic imine (C=N–C) groups is 1. The van der Waals surface area contributed by atoms with Crippen molar-refractivity contribution in [1.29, 1.82) is 5.26 Å². The molecule has 208 valence electrons. The van der Waals surface area contributed by atoms with Gasteiger partial charge in [0.2, 0.25) is 0 Å². The lowest BCUT2D eigenvalue weighted by Crippen LogP contribution is -2.39. The molecule has 0 aliphatic heterocycles. The Hall–Kier alpha value is -5.77. The standard InChI is InChI=1S/C28H25F2N9O2/c1-16(39-23-12-20(29)14-35-24(23)22(37-39)11-19-8-3-4-9-21(19)30)36-27(34)25(26(32)33)38(28(40)41-2)15-18-7-5-6-17(10-18)13-31/h3-10,12,14H,1,11,15,32-33H2,2H3,(H2,34,36). The molecule has 4 rings (SSSR count). The number of methoxy groups -OCH3 is 1. The normalized spacial score (nSPS) is 11.1. The minimum Gasteiger partial charge on any atom is -0.452 e. The van der Waals surface area contributed by atoms with E-state index in [9.17, 15) is 18.8 Å². The Bertz CT molecular complexity index is 1750. The zero-order chi connectivity index (χ0) is 29.7. The Morgan fingerprint density at radius 1 is 1.17 bits per heavy atom. The Labute approximate surface area is 233 Å². The first-order chi connectivity index (χ1) is 19.6. The van der Waals surface area contributed by atoms with Crippen LogP contribution in [0.1, 0.15) is 22.4 Å². The molecule has 0 spiro atoms. The topological polar surface area (TPSA) is 174 Å². The van der Waals surface area contributed by atoms with Gasteiger partial charge in [-0.1, -0.05) is 36.9 Å². The molecule has 1 amide bonds. The van der Waals surface area contributed by atoms with E-state index in [-0.39, 0.29) is 41.7 Å². The number of aromatic nitrogens is 3. The van der Waals surface area contributed by atoms with Crippen molar-refractivity contribution in [1.82, 2.24) is 19.7 Å². The second-order valence-corrected chi connectivity index (χ2v) is 8.73. The summed E-state index contributed by atoms with van der Waals surface area (Å²) < 4.78 is 34.6. The molecule has 0 atom stereocenters. The smallest absolute Gasteiger partial charge is 0.414 e. The van der Waals surface area contributed by atoms with E-state index in [1.54, 1.807) is 42.5 Å². The van der Waals surface area contributed by atoms with E-state index < -0.39 is 17.7 Å². The molecule has 6 N–H and O–H groups in total. The number of benzene rings is 2. The number of amidine groups is 1. The molecule has 11 nitrogen and oxygen atoms in total. The molecule has 4 aromatic rings. The van der Waals surface area contributed by atoms with E-state index in [0.717, 1.165) is 18.2 Å². The molecule has 0 saturated carbocycles. The van der Waals surface area contributed by atoms with Crippen LogP contribution >= 0.6 is 0 Å². The SMILES string of the molecule is C=C(N=C(N)C(=C(N)N)N(Cc1cccc(C#N)c1)C(=O)OC)n1nc(Cc2ccccc2F)c2ncc(F)cc21. The van der Waals surface area contributed by atoms with Crippen LogP contribution in [-0.4, -0.2) is 38.7 Å². The quantitative estimate of drug-likeness (QED) is 0.218. The summed E-state index contributed by atoms with van der Waals surface area (Å²) in [6, 6.07) is 15.9.